The van der Waals surface area contributed by atoms with Gasteiger partial charge < -0.3 is 24.8 Å². The molecule has 3 aromatic rings. The molecule has 2 atom stereocenters. The number of carbonyl (C=O) groups excluding carboxylic acids is 1. The molecular formula is C28H27ClN2O4. The zero-order valence-corrected chi connectivity index (χ0v) is 20.6. The molecule has 0 saturated heterocycles. The largest absolute Gasteiger partial charge is 0.493 e. The normalized spacial score (nSPS) is 19.0. The first-order valence-electron chi connectivity index (χ1n) is 11.5. The molecule has 1 aliphatic carbocycles. The number of carbonyl (C=O) groups is 1. The molecule has 2 aliphatic rings. The minimum absolute atomic E-state index is 0.0559. The average molecular weight is 491 g/mol. The number of ether oxygens (including phenoxy) is 3. The molecule has 0 aromatic heterocycles. The molecule has 0 amide bonds. The van der Waals surface area contributed by atoms with Crippen molar-refractivity contribution < 1.29 is 19.0 Å². The molecule has 5 rings (SSSR count). The molecule has 1 aliphatic heterocycles. The van der Waals surface area contributed by atoms with Crippen LogP contribution in [-0.4, -0.2) is 27.1 Å². The van der Waals surface area contributed by atoms with Gasteiger partial charge in [-0.15, -0.1) is 0 Å². The van der Waals surface area contributed by atoms with Crippen molar-refractivity contribution in [3.8, 4) is 17.2 Å². The summed E-state index contributed by atoms with van der Waals surface area (Å²) in [5, 5.41) is 7.75. The molecule has 0 saturated carbocycles. The molecular weight excluding hydrogens is 464 g/mol. The number of hydrogen-bond acceptors (Lipinski definition) is 6. The molecule has 35 heavy (non-hydrogen) atoms. The molecule has 0 fully saturated rings. The van der Waals surface area contributed by atoms with Crippen molar-refractivity contribution in [1.29, 1.82) is 0 Å². The first-order valence-corrected chi connectivity index (χ1v) is 11.8. The fourth-order valence-corrected chi connectivity index (χ4v) is 5.25. The number of benzene rings is 3. The quantitative estimate of drug-likeness (QED) is 0.434. The summed E-state index contributed by atoms with van der Waals surface area (Å²) in [6, 6.07) is 19.1. The van der Waals surface area contributed by atoms with Crippen LogP contribution in [0.4, 0.5) is 11.4 Å². The van der Waals surface area contributed by atoms with E-state index in [0.717, 1.165) is 33.8 Å². The summed E-state index contributed by atoms with van der Waals surface area (Å²) < 4.78 is 16.6. The first-order chi connectivity index (χ1) is 17.0. The number of allylic oxidation sites excluding steroid dienone is 1. The molecule has 180 valence electrons. The lowest BCUT2D eigenvalue weighted by molar-refractivity contribution is -0.116. The number of methoxy groups -OCH3 is 3. The maximum absolute atomic E-state index is 13.8. The SMILES string of the molecule is COc1cc([C@@H]2CC(=O)C3=C(C2)Nc2ccccc2N[C@H]3c2ccccc2Cl)cc(OC)c1OC. The van der Waals surface area contributed by atoms with Crippen molar-refractivity contribution in [3.63, 3.8) is 0 Å². The molecule has 7 heteroatoms. The van der Waals surface area contributed by atoms with Gasteiger partial charge in [0, 0.05) is 22.7 Å². The highest BCUT2D eigenvalue weighted by atomic mass is 35.5. The van der Waals surface area contributed by atoms with Crippen molar-refractivity contribution in [2.45, 2.75) is 24.8 Å². The van der Waals surface area contributed by atoms with E-state index in [1.807, 2.05) is 60.7 Å². The predicted octanol–water partition coefficient (Wildman–Crippen LogP) is 6.35. The van der Waals surface area contributed by atoms with Gasteiger partial charge in [-0.3, -0.25) is 4.79 Å². The average Bonchev–Trinajstić information content (AvgIpc) is 3.04. The Balaban J connectivity index is 1.61. The van der Waals surface area contributed by atoms with Gasteiger partial charge in [-0.1, -0.05) is 41.9 Å². The van der Waals surface area contributed by atoms with Gasteiger partial charge in [0.2, 0.25) is 5.75 Å². The highest BCUT2D eigenvalue weighted by molar-refractivity contribution is 6.31. The zero-order valence-electron chi connectivity index (χ0n) is 19.9. The fraction of sp³-hybridized carbons (Fsp3) is 0.250. The van der Waals surface area contributed by atoms with E-state index in [1.54, 1.807) is 21.3 Å². The summed E-state index contributed by atoms with van der Waals surface area (Å²) in [5.74, 6) is 1.69. The second-order valence-electron chi connectivity index (χ2n) is 8.65. The van der Waals surface area contributed by atoms with Gasteiger partial charge in [-0.05, 0) is 53.8 Å². The van der Waals surface area contributed by atoms with Crippen LogP contribution in [0.25, 0.3) is 0 Å². The molecule has 1 heterocycles. The van der Waals surface area contributed by atoms with E-state index >= 15 is 0 Å². The van der Waals surface area contributed by atoms with Crippen LogP contribution in [0.3, 0.4) is 0 Å². The summed E-state index contributed by atoms with van der Waals surface area (Å²) in [6.45, 7) is 0. The summed E-state index contributed by atoms with van der Waals surface area (Å²) in [4.78, 5) is 13.8. The Hall–Kier alpha value is -3.64. The number of ketones is 1. The first kappa shape index (κ1) is 23.1. The Labute approximate surface area is 209 Å². The number of para-hydroxylation sites is 2. The summed E-state index contributed by atoms with van der Waals surface area (Å²) in [7, 11) is 4.77. The summed E-state index contributed by atoms with van der Waals surface area (Å²) in [5.41, 5.74) is 5.29. The van der Waals surface area contributed by atoms with Gasteiger partial charge in [-0.2, -0.15) is 0 Å². The lowest BCUT2D eigenvalue weighted by Gasteiger charge is -2.30. The van der Waals surface area contributed by atoms with E-state index in [2.05, 4.69) is 10.6 Å². The van der Waals surface area contributed by atoms with Gasteiger partial charge in [0.25, 0.3) is 0 Å². The number of halogens is 1. The van der Waals surface area contributed by atoms with Crippen molar-refractivity contribution in [3.05, 3.63) is 88.1 Å². The number of fused-ring (bicyclic) bond motifs is 1. The Morgan fingerprint density at radius 2 is 1.51 bits per heavy atom. The molecule has 0 spiro atoms. The standard InChI is InChI=1S/C28H27ClN2O4/c1-33-24-14-17(15-25(34-2)28(24)35-3)16-12-22-26(23(32)13-16)27(18-8-4-5-9-19(18)29)31-21-11-7-6-10-20(21)30-22/h4-11,14-16,27,30-31H,12-13H2,1-3H3/t16-,27-/m0/s1. The molecule has 2 N–H and O–H groups in total. The lowest BCUT2D eigenvalue weighted by Crippen LogP contribution is -2.27. The Bertz CT molecular complexity index is 1290. The van der Waals surface area contributed by atoms with E-state index < -0.39 is 0 Å². The van der Waals surface area contributed by atoms with Crippen LogP contribution in [0.5, 0.6) is 17.2 Å². The van der Waals surface area contributed by atoms with Crippen LogP contribution in [0.15, 0.2) is 71.9 Å². The van der Waals surface area contributed by atoms with E-state index in [0.29, 0.717) is 35.1 Å². The monoisotopic (exact) mass is 490 g/mol. The number of anilines is 2. The molecule has 0 bridgehead atoms. The van der Waals surface area contributed by atoms with E-state index in [-0.39, 0.29) is 17.7 Å². The van der Waals surface area contributed by atoms with Crippen LogP contribution >= 0.6 is 11.6 Å². The third-order valence-corrected chi connectivity index (χ3v) is 7.03. The van der Waals surface area contributed by atoms with Crippen molar-refractivity contribution >= 4 is 28.8 Å². The van der Waals surface area contributed by atoms with Crippen molar-refractivity contribution in [2.24, 2.45) is 0 Å². The maximum atomic E-state index is 13.8. The minimum Gasteiger partial charge on any atom is -0.493 e. The second kappa shape index (κ2) is 9.55. The van der Waals surface area contributed by atoms with Crippen molar-refractivity contribution in [1.82, 2.24) is 0 Å². The minimum atomic E-state index is -0.358. The van der Waals surface area contributed by atoms with Crippen LogP contribution < -0.4 is 24.8 Å². The zero-order chi connectivity index (χ0) is 24.5. The van der Waals surface area contributed by atoms with Gasteiger partial charge in [0.1, 0.15) is 0 Å². The van der Waals surface area contributed by atoms with Gasteiger partial charge in [-0.25, -0.2) is 0 Å². The lowest BCUT2D eigenvalue weighted by atomic mass is 9.78. The summed E-state index contributed by atoms with van der Waals surface area (Å²) >= 11 is 6.60. The van der Waals surface area contributed by atoms with Crippen LogP contribution in [-0.2, 0) is 4.79 Å². The maximum Gasteiger partial charge on any atom is 0.203 e. The van der Waals surface area contributed by atoms with E-state index in [9.17, 15) is 4.79 Å². The van der Waals surface area contributed by atoms with Gasteiger partial charge >= 0.3 is 0 Å². The third kappa shape index (κ3) is 4.19. The van der Waals surface area contributed by atoms with E-state index in [1.165, 1.54) is 0 Å². The second-order valence-corrected chi connectivity index (χ2v) is 9.06. The Morgan fingerprint density at radius 3 is 2.17 bits per heavy atom. The number of nitrogens with one attached hydrogen (secondary N) is 2. The smallest absolute Gasteiger partial charge is 0.203 e. The molecule has 3 aromatic carbocycles. The molecule has 0 radical (unpaired) electrons. The topological polar surface area (TPSA) is 68.8 Å². The highest BCUT2D eigenvalue weighted by Gasteiger charge is 2.37. The van der Waals surface area contributed by atoms with Crippen LogP contribution in [0.2, 0.25) is 5.02 Å². The van der Waals surface area contributed by atoms with Gasteiger partial charge in [0.15, 0.2) is 17.3 Å². The Morgan fingerprint density at radius 1 is 0.857 bits per heavy atom. The summed E-state index contributed by atoms with van der Waals surface area (Å²) in [6.07, 6.45) is 1.01. The Kier molecular flexibility index (Phi) is 6.31. The van der Waals surface area contributed by atoms with E-state index in [4.69, 9.17) is 25.8 Å². The number of rotatable bonds is 5. The third-order valence-electron chi connectivity index (χ3n) is 6.68. The molecule has 6 nitrogen and oxygen atoms in total. The van der Waals surface area contributed by atoms with Crippen molar-refractivity contribution in [2.75, 3.05) is 32.0 Å². The number of Topliss-reactive ketones (excluding diaryl/α,β-unsaturated/α-hetero) is 1. The van der Waals surface area contributed by atoms with Crippen LogP contribution in [0.1, 0.15) is 35.9 Å². The van der Waals surface area contributed by atoms with Crippen LogP contribution in [0, 0.1) is 0 Å². The molecule has 0 unspecified atom stereocenters. The highest BCUT2D eigenvalue weighted by Crippen LogP contribution is 2.47. The predicted molar refractivity (Wildman–Crippen MR) is 138 cm³/mol. The van der Waals surface area contributed by atoms with Gasteiger partial charge in [0.05, 0.1) is 38.7 Å². The number of hydrogen-bond donors (Lipinski definition) is 2. The fourth-order valence-electron chi connectivity index (χ4n) is 5.01.